The van der Waals surface area contributed by atoms with Crippen LogP contribution in [0.25, 0.3) is 0 Å². The van der Waals surface area contributed by atoms with E-state index in [4.69, 9.17) is 21.1 Å². The Balaban J connectivity index is 1.74. The molecule has 0 radical (unpaired) electrons. The molecule has 0 amide bonds. The first-order valence-corrected chi connectivity index (χ1v) is 9.07. The molecule has 1 aliphatic heterocycles. The molecule has 2 aromatic carbocycles. The number of hydrogen-bond acceptors (Lipinski definition) is 5. The largest absolute Gasteiger partial charge is 0.496 e. The third kappa shape index (κ3) is 4.97. The Morgan fingerprint density at radius 1 is 1.19 bits per heavy atom. The molecule has 0 saturated carbocycles. The van der Waals surface area contributed by atoms with E-state index in [9.17, 15) is 0 Å². The zero-order valence-electron chi connectivity index (χ0n) is 15.2. The number of rotatable bonds is 6. The van der Waals surface area contributed by atoms with Crippen LogP contribution < -0.4 is 10.2 Å². The molecule has 26 heavy (non-hydrogen) atoms. The highest BCUT2D eigenvalue weighted by Gasteiger charge is 2.14. The van der Waals surface area contributed by atoms with Crippen LogP contribution in [-0.2, 0) is 11.3 Å². The zero-order valence-corrected chi connectivity index (χ0v) is 15.9. The molecule has 1 aliphatic rings. The van der Waals surface area contributed by atoms with Crippen molar-refractivity contribution < 1.29 is 9.47 Å². The fraction of sp³-hybridized carbons (Fsp3) is 0.350. The van der Waals surface area contributed by atoms with Crippen LogP contribution in [0.1, 0.15) is 18.1 Å². The van der Waals surface area contributed by atoms with Crippen molar-refractivity contribution in [1.82, 2.24) is 4.90 Å². The minimum Gasteiger partial charge on any atom is -0.496 e. The molecule has 138 valence electrons. The molecule has 0 aromatic heterocycles. The van der Waals surface area contributed by atoms with Crippen molar-refractivity contribution in [2.75, 3.05) is 38.8 Å². The summed E-state index contributed by atoms with van der Waals surface area (Å²) in [5.74, 6) is 0.902. The predicted octanol–water partition coefficient (Wildman–Crippen LogP) is 4.02. The van der Waals surface area contributed by atoms with Gasteiger partial charge in [0.2, 0.25) is 0 Å². The molecule has 0 bridgehead atoms. The van der Waals surface area contributed by atoms with Gasteiger partial charge in [-0.1, -0.05) is 11.6 Å². The summed E-state index contributed by atoms with van der Waals surface area (Å²) in [5.41, 5.74) is 7.10. The van der Waals surface area contributed by atoms with Crippen LogP contribution >= 0.6 is 11.6 Å². The lowest BCUT2D eigenvalue weighted by atomic mass is 10.1. The van der Waals surface area contributed by atoms with E-state index in [0.29, 0.717) is 5.02 Å². The lowest BCUT2D eigenvalue weighted by Crippen LogP contribution is -2.35. The van der Waals surface area contributed by atoms with Crippen molar-refractivity contribution >= 4 is 23.0 Å². The maximum Gasteiger partial charge on any atom is 0.123 e. The molecule has 0 aliphatic carbocycles. The van der Waals surface area contributed by atoms with Crippen LogP contribution in [-0.4, -0.2) is 44.0 Å². The summed E-state index contributed by atoms with van der Waals surface area (Å²) in [6.45, 7) is 6.29. The van der Waals surface area contributed by atoms with Gasteiger partial charge in [-0.3, -0.25) is 10.3 Å². The topological polar surface area (TPSA) is 46.1 Å². The number of ether oxygens (including phenoxy) is 2. The summed E-state index contributed by atoms with van der Waals surface area (Å²) in [6, 6.07) is 13.7. The predicted molar refractivity (Wildman–Crippen MR) is 106 cm³/mol. The minimum atomic E-state index is 0.708. The minimum absolute atomic E-state index is 0.708. The number of morpholine rings is 1. The van der Waals surface area contributed by atoms with Crippen LogP contribution in [0.15, 0.2) is 47.6 Å². The summed E-state index contributed by atoms with van der Waals surface area (Å²) in [7, 11) is 1.71. The first-order valence-electron chi connectivity index (χ1n) is 8.69. The zero-order chi connectivity index (χ0) is 18.4. The van der Waals surface area contributed by atoms with Crippen LogP contribution in [0.2, 0.25) is 5.02 Å². The molecule has 1 heterocycles. The van der Waals surface area contributed by atoms with Gasteiger partial charge in [0.1, 0.15) is 5.75 Å². The molecular weight excluding hydrogens is 350 g/mol. The van der Waals surface area contributed by atoms with Crippen molar-refractivity contribution in [2.24, 2.45) is 5.10 Å². The highest BCUT2D eigenvalue weighted by Crippen LogP contribution is 2.23. The van der Waals surface area contributed by atoms with E-state index in [1.165, 1.54) is 0 Å². The summed E-state index contributed by atoms with van der Waals surface area (Å²) >= 11 is 5.91. The molecular formula is C20H24ClN3O2. The summed E-state index contributed by atoms with van der Waals surface area (Å²) < 4.78 is 11.0. The van der Waals surface area contributed by atoms with Gasteiger partial charge >= 0.3 is 0 Å². The Hall–Kier alpha value is -2.08. The van der Waals surface area contributed by atoms with Crippen LogP contribution in [0.5, 0.6) is 5.75 Å². The van der Waals surface area contributed by atoms with Gasteiger partial charge in [0.05, 0.1) is 31.7 Å². The number of benzene rings is 2. The molecule has 1 N–H and O–H groups in total. The van der Waals surface area contributed by atoms with Crippen LogP contribution in [0, 0.1) is 0 Å². The Morgan fingerprint density at radius 3 is 2.62 bits per heavy atom. The number of halogens is 1. The Kier molecular flexibility index (Phi) is 6.50. The van der Waals surface area contributed by atoms with E-state index >= 15 is 0 Å². The van der Waals surface area contributed by atoms with E-state index < -0.39 is 0 Å². The first kappa shape index (κ1) is 18.7. The quantitative estimate of drug-likeness (QED) is 0.613. The summed E-state index contributed by atoms with van der Waals surface area (Å²) in [4.78, 5) is 2.38. The van der Waals surface area contributed by atoms with Crippen molar-refractivity contribution in [3.05, 3.63) is 58.6 Å². The van der Waals surface area contributed by atoms with E-state index in [1.807, 2.05) is 43.3 Å². The normalized spacial score (nSPS) is 15.7. The van der Waals surface area contributed by atoms with E-state index in [1.54, 1.807) is 7.11 Å². The van der Waals surface area contributed by atoms with Gasteiger partial charge in [-0.05, 0) is 55.0 Å². The molecule has 2 aromatic rings. The smallest absolute Gasteiger partial charge is 0.123 e. The van der Waals surface area contributed by atoms with Crippen molar-refractivity contribution in [1.29, 1.82) is 0 Å². The third-order valence-electron chi connectivity index (χ3n) is 4.39. The van der Waals surface area contributed by atoms with Gasteiger partial charge < -0.3 is 9.47 Å². The van der Waals surface area contributed by atoms with Crippen LogP contribution in [0.3, 0.4) is 0 Å². The number of hydrogen-bond donors (Lipinski definition) is 1. The van der Waals surface area contributed by atoms with E-state index in [0.717, 1.165) is 61.1 Å². The molecule has 3 rings (SSSR count). The van der Waals surface area contributed by atoms with Gasteiger partial charge in [-0.2, -0.15) is 5.10 Å². The lowest BCUT2D eigenvalue weighted by molar-refractivity contribution is 0.0339. The van der Waals surface area contributed by atoms with E-state index in [2.05, 4.69) is 21.5 Å². The maximum absolute atomic E-state index is 5.91. The first-order chi connectivity index (χ1) is 12.7. The monoisotopic (exact) mass is 373 g/mol. The second-order valence-corrected chi connectivity index (χ2v) is 6.67. The second kappa shape index (κ2) is 9.03. The number of nitrogens with one attached hydrogen (secondary N) is 1. The molecule has 1 saturated heterocycles. The number of anilines is 1. The molecule has 0 atom stereocenters. The lowest BCUT2D eigenvalue weighted by Gasteiger charge is -2.27. The second-order valence-electron chi connectivity index (χ2n) is 6.23. The number of hydrazone groups is 1. The molecule has 0 spiro atoms. The van der Waals surface area contributed by atoms with Gasteiger partial charge in [-0.15, -0.1) is 0 Å². The van der Waals surface area contributed by atoms with E-state index in [-0.39, 0.29) is 0 Å². The summed E-state index contributed by atoms with van der Waals surface area (Å²) in [5, 5.41) is 5.19. The highest BCUT2D eigenvalue weighted by atomic mass is 35.5. The van der Waals surface area contributed by atoms with Crippen molar-refractivity contribution in [2.45, 2.75) is 13.5 Å². The fourth-order valence-electron chi connectivity index (χ4n) is 2.86. The molecule has 1 fully saturated rings. The Labute approximate surface area is 159 Å². The third-order valence-corrected chi connectivity index (χ3v) is 4.64. The Bertz CT molecular complexity index is 756. The highest BCUT2D eigenvalue weighted by molar-refractivity contribution is 6.30. The van der Waals surface area contributed by atoms with Crippen molar-refractivity contribution in [3.8, 4) is 5.75 Å². The summed E-state index contributed by atoms with van der Waals surface area (Å²) in [6.07, 6.45) is 0. The molecule has 0 unspecified atom stereocenters. The average molecular weight is 374 g/mol. The van der Waals surface area contributed by atoms with Crippen LogP contribution in [0.4, 0.5) is 5.69 Å². The molecule has 5 nitrogen and oxygen atoms in total. The fourth-order valence-corrected chi connectivity index (χ4v) is 2.99. The average Bonchev–Trinajstić information content (AvgIpc) is 2.68. The SMILES string of the molecule is COc1ccc(/C(C)=N\Nc2ccc(Cl)cc2)cc1CN1CCOCC1. The van der Waals surface area contributed by atoms with Gasteiger partial charge in [0.25, 0.3) is 0 Å². The van der Waals surface area contributed by atoms with Gasteiger partial charge in [0.15, 0.2) is 0 Å². The van der Waals surface area contributed by atoms with Gasteiger partial charge in [-0.25, -0.2) is 0 Å². The van der Waals surface area contributed by atoms with Crippen molar-refractivity contribution in [3.63, 3.8) is 0 Å². The van der Waals surface area contributed by atoms with Gasteiger partial charge in [0, 0.05) is 30.2 Å². The standard InChI is InChI=1S/C20H24ClN3O2/c1-15(22-23-19-6-4-18(21)5-7-19)16-3-8-20(25-2)17(13-16)14-24-9-11-26-12-10-24/h3-8,13,23H,9-12,14H2,1-2H3/b22-15-. The maximum atomic E-state index is 5.91. The number of methoxy groups -OCH3 is 1. The molecule has 6 heteroatoms. The Morgan fingerprint density at radius 2 is 1.92 bits per heavy atom. The number of nitrogens with zero attached hydrogens (tertiary/aromatic N) is 2.